The number of halogens is 6. The number of benzene rings is 2. The van der Waals surface area contributed by atoms with Gasteiger partial charge in [0.25, 0.3) is 0 Å². The van der Waals surface area contributed by atoms with Gasteiger partial charge in [-0.15, -0.1) is 0 Å². The fraction of sp³-hybridized carbons (Fsp3) is 0.318. The average molecular weight is 461 g/mol. The largest absolute Gasteiger partial charge is 0.460 e. The summed E-state index contributed by atoms with van der Waals surface area (Å²) >= 11 is 11.1. The van der Waals surface area contributed by atoms with Gasteiger partial charge in [0, 0.05) is 16.1 Å². The van der Waals surface area contributed by atoms with Gasteiger partial charge in [-0.05, 0) is 29.0 Å². The molecule has 2 aromatic carbocycles. The van der Waals surface area contributed by atoms with E-state index >= 15 is 0 Å². The number of esters is 1. The third kappa shape index (κ3) is 4.65. The Balaban J connectivity index is 1.71. The summed E-state index contributed by atoms with van der Waals surface area (Å²) in [6, 6.07) is 11.3. The Bertz CT molecular complexity index is 982. The van der Waals surface area contributed by atoms with E-state index in [1.165, 1.54) is 6.07 Å². The predicted octanol–water partition coefficient (Wildman–Crippen LogP) is 7.15. The number of alkyl halides is 3. The van der Waals surface area contributed by atoms with Crippen LogP contribution in [0.2, 0.25) is 5.02 Å². The Morgan fingerprint density at radius 3 is 2.40 bits per heavy atom. The number of carbonyl (C=O) groups excluding carboxylic acids is 1. The molecular weight excluding hydrogens is 443 g/mol. The molecule has 1 aliphatic rings. The van der Waals surface area contributed by atoms with Crippen LogP contribution in [0, 0.1) is 23.1 Å². The van der Waals surface area contributed by atoms with Gasteiger partial charge in [-0.3, -0.25) is 4.79 Å². The molecule has 2 unspecified atom stereocenters. The van der Waals surface area contributed by atoms with E-state index in [-0.39, 0.29) is 12.2 Å². The first-order chi connectivity index (χ1) is 13.9. The first-order valence-corrected chi connectivity index (χ1v) is 9.83. The number of allylic oxidation sites excluding steroid dienone is 2. The van der Waals surface area contributed by atoms with Gasteiger partial charge in [-0.25, -0.2) is 4.39 Å². The van der Waals surface area contributed by atoms with Crippen molar-refractivity contribution in [2.24, 2.45) is 17.3 Å². The molecule has 3 rings (SSSR count). The Hall–Kier alpha value is -2.05. The van der Waals surface area contributed by atoms with Gasteiger partial charge in [0.15, 0.2) is 0 Å². The highest BCUT2D eigenvalue weighted by molar-refractivity contribution is 6.30. The van der Waals surface area contributed by atoms with Crippen LogP contribution in [0.4, 0.5) is 17.6 Å². The van der Waals surface area contributed by atoms with Gasteiger partial charge >= 0.3 is 12.1 Å². The fourth-order valence-electron chi connectivity index (χ4n) is 3.47. The van der Waals surface area contributed by atoms with Crippen molar-refractivity contribution in [1.82, 2.24) is 0 Å². The van der Waals surface area contributed by atoms with E-state index in [1.807, 2.05) is 0 Å². The molecule has 0 bridgehead atoms. The van der Waals surface area contributed by atoms with Gasteiger partial charge in [0.05, 0.1) is 5.92 Å². The highest BCUT2D eigenvalue weighted by atomic mass is 35.5. The van der Waals surface area contributed by atoms with Crippen molar-refractivity contribution >= 4 is 29.2 Å². The minimum absolute atomic E-state index is 0.162. The van der Waals surface area contributed by atoms with E-state index in [4.69, 9.17) is 27.9 Å². The first-order valence-electron chi connectivity index (χ1n) is 9.07. The molecule has 1 fully saturated rings. The van der Waals surface area contributed by atoms with Crippen molar-refractivity contribution < 1.29 is 27.1 Å². The van der Waals surface area contributed by atoms with Gasteiger partial charge < -0.3 is 4.74 Å². The van der Waals surface area contributed by atoms with Crippen LogP contribution in [0.15, 0.2) is 53.6 Å². The second-order valence-corrected chi connectivity index (χ2v) is 8.57. The van der Waals surface area contributed by atoms with Crippen molar-refractivity contribution in [3.05, 3.63) is 70.0 Å². The third-order valence-corrected chi connectivity index (χ3v) is 5.96. The molecule has 0 aromatic heterocycles. The second-order valence-electron chi connectivity index (χ2n) is 7.73. The van der Waals surface area contributed by atoms with Crippen molar-refractivity contribution in [2.75, 3.05) is 0 Å². The Labute approximate surface area is 181 Å². The lowest BCUT2D eigenvalue weighted by Gasteiger charge is -2.10. The number of hydrogen-bond donors (Lipinski definition) is 0. The Morgan fingerprint density at radius 2 is 1.80 bits per heavy atom. The predicted molar refractivity (Wildman–Crippen MR) is 107 cm³/mol. The lowest BCUT2D eigenvalue weighted by molar-refractivity contribution is -0.147. The lowest BCUT2D eigenvalue weighted by atomic mass is 10.0. The van der Waals surface area contributed by atoms with Crippen molar-refractivity contribution in [3.63, 3.8) is 0 Å². The normalized spacial score (nSPS) is 20.7. The molecule has 2 aromatic rings. The number of ether oxygens (including phenoxy) is 1. The summed E-state index contributed by atoms with van der Waals surface area (Å²) in [6.07, 6.45) is -3.82. The van der Waals surface area contributed by atoms with Crippen LogP contribution < -0.4 is 0 Å². The van der Waals surface area contributed by atoms with Crippen LogP contribution in [0.3, 0.4) is 0 Å². The minimum Gasteiger partial charge on any atom is -0.460 e. The van der Waals surface area contributed by atoms with Crippen LogP contribution in [0.25, 0.3) is 11.1 Å². The maximum atomic E-state index is 14.9. The molecule has 160 valence electrons. The zero-order valence-corrected chi connectivity index (χ0v) is 17.6. The van der Waals surface area contributed by atoms with Gasteiger partial charge in [-0.1, -0.05) is 73.5 Å². The molecule has 0 aliphatic heterocycles. The summed E-state index contributed by atoms with van der Waals surface area (Å²) in [5.74, 6) is -2.72. The standard InChI is InChI=1S/C22H18Cl2F4O2/c1-21(2)16(10-17(24)22(26,27)28)18(21)20(29)30-11-13-4-3-5-15(19(13)25)12-6-8-14(23)9-7-12/h3-10,16,18H,11H2,1-2H3. The fourth-order valence-corrected chi connectivity index (χ4v) is 3.74. The molecule has 2 atom stereocenters. The van der Waals surface area contributed by atoms with Crippen LogP contribution in [-0.4, -0.2) is 12.1 Å². The number of rotatable bonds is 5. The maximum Gasteiger partial charge on any atom is 0.426 e. The molecule has 1 aliphatic carbocycles. The summed E-state index contributed by atoms with van der Waals surface area (Å²) in [4.78, 5) is 12.4. The summed E-state index contributed by atoms with van der Waals surface area (Å²) < 4.78 is 58.1. The zero-order valence-electron chi connectivity index (χ0n) is 16.1. The van der Waals surface area contributed by atoms with E-state index in [2.05, 4.69) is 0 Å². The topological polar surface area (TPSA) is 26.3 Å². The van der Waals surface area contributed by atoms with E-state index in [0.29, 0.717) is 16.1 Å². The summed E-state index contributed by atoms with van der Waals surface area (Å²) in [7, 11) is 0. The molecule has 2 nitrogen and oxygen atoms in total. The maximum absolute atomic E-state index is 14.9. The molecule has 0 radical (unpaired) electrons. The van der Waals surface area contributed by atoms with Crippen molar-refractivity contribution in [2.45, 2.75) is 26.6 Å². The van der Waals surface area contributed by atoms with Crippen molar-refractivity contribution in [1.29, 1.82) is 0 Å². The highest BCUT2D eigenvalue weighted by Gasteiger charge is 2.62. The van der Waals surface area contributed by atoms with Crippen LogP contribution in [0.1, 0.15) is 19.4 Å². The summed E-state index contributed by atoms with van der Waals surface area (Å²) in [5.41, 5.74) is 0.367. The van der Waals surface area contributed by atoms with Gasteiger partial charge in [0.1, 0.15) is 17.5 Å². The smallest absolute Gasteiger partial charge is 0.426 e. The van der Waals surface area contributed by atoms with E-state index < -0.39 is 40.2 Å². The van der Waals surface area contributed by atoms with Crippen LogP contribution in [-0.2, 0) is 16.1 Å². The lowest BCUT2D eigenvalue weighted by Crippen LogP contribution is -2.11. The molecule has 0 heterocycles. The molecule has 0 amide bonds. The summed E-state index contributed by atoms with van der Waals surface area (Å²) in [6.45, 7) is 2.98. The molecule has 8 heteroatoms. The van der Waals surface area contributed by atoms with Gasteiger partial charge in [0.2, 0.25) is 0 Å². The number of carbonyl (C=O) groups is 1. The molecule has 0 saturated heterocycles. The number of hydrogen-bond acceptors (Lipinski definition) is 2. The SMILES string of the molecule is CC1(C)C(C=C(Cl)C(F)(F)F)C1C(=O)OCc1cccc(-c2ccc(Cl)cc2)c1F. The molecule has 1 saturated carbocycles. The highest BCUT2D eigenvalue weighted by Crippen LogP contribution is 2.60. The van der Waals surface area contributed by atoms with E-state index in [0.717, 1.165) is 6.08 Å². The molecular formula is C22H18Cl2F4O2. The zero-order chi connectivity index (χ0) is 22.3. The quantitative estimate of drug-likeness (QED) is 0.349. The first kappa shape index (κ1) is 22.6. The molecule has 0 spiro atoms. The Kier molecular flexibility index (Phi) is 6.21. The van der Waals surface area contributed by atoms with Crippen molar-refractivity contribution in [3.8, 4) is 11.1 Å². The molecule has 30 heavy (non-hydrogen) atoms. The minimum atomic E-state index is -4.67. The van der Waals surface area contributed by atoms with E-state index in [9.17, 15) is 22.4 Å². The van der Waals surface area contributed by atoms with Gasteiger partial charge in [-0.2, -0.15) is 13.2 Å². The summed E-state index contributed by atoms with van der Waals surface area (Å²) in [5, 5.41) is -0.747. The second kappa shape index (κ2) is 8.23. The van der Waals surface area contributed by atoms with Crippen LogP contribution >= 0.6 is 23.2 Å². The monoisotopic (exact) mass is 460 g/mol. The third-order valence-electron chi connectivity index (χ3n) is 5.37. The van der Waals surface area contributed by atoms with E-state index in [1.54, 1.807) is 50.2 Å². The molecule has 0 N–H and O–H groups in total. The average Bonchev–Trinajstić information content (AvgIpc) is 3.20. The Morgan fingerprint density at radius 1 is 1.17 bits per heavy atom. The van der Waals surface area contributed by atoms with Crippen LogP contribution in [0.5, 0.6) is 0 Å².